The van der Waals surface area contributed by atoms with Gasteiger partial charge in [-0.25, -0.2) is 4.39 Å². The molecule has 1 fully saturated rings. The van der Waals surface area contributed by atoms with Crippen molar-refractivity contribution in [2.45, 2.75) is 12.5 Å². The number of non-ortho nitro benzene ring substituents is 1. The Hall–Kier alpha value is -2.02. The lowest BCUT2D eigenvalue weighted by Crippen LogP contribution is -2.30. The fraction of sp³-hybridized carbons (Fsp3) is 0.364. The molecule has 0 spiro atoms. The molecular weight excluding hydrogens is 243 g/mol. The number of hydrogen-bond donors (Lipinski definition) is 1. The number of carbonyl (C=O) groups excluding carboxylic acids is 1. The van der Waals surface area contributed by atoms with E-state index in [1.165, 1.54) is 4.90 Å². The van der Waals surface area contributed by atoms with Crippen LogP contribution in [0.4, 0.5) is 10.1 Å². The van der Waals surface area contributed by atoms with Crippen molar-refractivity contribution in [2.75, 3.05) is 13.1 Å². The average Bonchev–Trinajstić information content (AvgIpc) is 2.75. The summed E-state index contributed by atoms with van der Waals surface area (Å²) in [4.78, 5) is 23.1. The molecule has 1 amide bonds. The summed E-state index contributed by atoms with van der Waals surface area (Å²) in [5.74, 6) is -1.43. The van der Waals surface area contributed by atoms with Gasteiger partial charge in [0.2, 0.25) is 0 Å². The van der Waals surface area contributed by atoms with E-state index in [9.17, 15) is 24.4 Å². The highest BCUT2D eigenvalue weighted by Gasteiger charge is 2.28. The molecule has 1 aromatic rings. The number of nitro groups is 1. The highest BCUT2D eigenvalue weighted by Crippen LogP contribution is 2.20. The van der Waals surface area contributed by atoms with Gasteiger partial charge in [0, 0.05) is 25.2 Å². The molecule has 1 saturated heterocycles. The summed E-state index contributed by atoms with van der Waals surface area (Å²) in [6.07, 6.45) is -0.182. The maximum Gasteiger partial charge on any atom is 0.270 e. The third-order valence-corrected chi connectivity index (χ3v) is 2.84. The van der Waals surface area contributed by atoms with Gasteiger partial charge < -0.3 is 10.0 Å². The van der Waals surface area contributed by atoms with Gasteiger partial charge in [-0.15, -0.1) is 0 Å². The Morgan fingerprint density at radius 3 is 2.83 bits per heavy atom. The summed E-state index contributed by atoms with van der Waals surface area (Å²) in [7, 11) is 0. The van der Waals surface area contributed by atoms with E-state index in [0.717, 1.165) is 18.2 Å². The molecule has 0 unspecified atom stereocenters. The first-order chi connectivity index (χ1) is 8.49. The van der Waals surface area contributed by atoms with Gasteiger partial charge in [-0.1, -0.05) is 0 Å². The molecule has 1 aliphatic rings. The van der Waals surface area contributed by atoms with Crippen molar-refractivity contribution in [1.82, 2.24) is 4.90 Å². The number of benzene rings is 1. The molecule has 1 aliphatic heterocycles. The number of likely N-dealkylation sites (tertiary alicyclic amines) is 1. The highest BCUT2D eigenvalue weighted by atomic mass is 19.1. The molecule has 6 nitrogen and oxygen atoms in total. The van der Waals surface area contributed by atoms with Gasteiger partial charge in [-0.2, -0.15) is 0 Å². The minimum absolute atomic E-state index is 0.126. The lowest BCUT2D eigenvalue weighted by Gasteiger charge is -2.15. The summed E-state index contributed by atoms with van der Waals surface area (Å²) in [6, 6.07) is 2.82. The van der Waals surface area contributed by atoms with Crippen LogP contribution >= 0.6 is 0 Å². The van der Waals surface area contributed by atoms with Crippen LogP contribution in [0.3, 0.4) is 0 Å². The molecule has 0 aliphatic carbocycles. The molecule has 1 N–H and O–H groups in total. The lowest BCUT2D eigenvalue weighted by atomic mass is 10.1. The van der Waals surface area contributed by atoms with E-state index >= 15 is 0 Å². The van der Waals surface area contributed by atoms with Crippen molar-refractivity contribution in [3.8, 4) is 0 Å². The second-order valence-electron chi connectivity index (χ2n) is 4.11. The number of nitrogens with zero attached hydrogens (tertiary/aromatic N) is 2. The van der Waals surface area contributed by atoms with E-state index < -0.39 is 22.8 Å². The Kier molecular flexibility index (Phi) is 3.24. The number of rotatable bonds is 2. The van der Waals surface area contributed by atoms with Gasteiger partial charge in [0.05, 0.1) is 16.6 Å². The number of β-amino-alcohol motifs (C(OH)–C–C–N with tert-alkyl or cyclic N) is 1. The molecule has 0 saturated carbocycles. The highest BCUT2D eigenvalue weighted by molar-refractivity contribution is 5.95. The molecule has 7 heteroatoms. The molecule has 18 heavy (non-hydrogen) atoms. The molecule has 0 radical (unpaired) electrons. The fourth-order valence-electron chi connectivity index (χ4n) is 1.89. The SMILES string of the molecule is O=C(c1cc([N+](=O)[O-])ccc1F)N1CC[C@H](O)C1. The third kappa shape index (κ3) is 2.30. The van der Waals surface area contributed by atoms with Crippen LogP contribution in [0.25, 0.3) is 0 Å². The molecule has 1 heterocycles. The van der Waals surface area contributed by atoms with Crippen molar-refractivity contribution in [2.24, 2.45) is 0 Å². The number of hydrogen-bond acceptors (Lipinski definition) is 4. The predicted molar refractivity (Wildman–Crippen MR) is 59.6 cm³/mol. The molecule has 0 bridgehead atoms. The van der Waals surface area contributed by atoms with E-state index in [1.54, 1.807) is 0 Å². The number of nitro benzene ring substituents is 1. The molecule has 1 aromatic carbocycles. The number of amides is 1. The van der Waals surface area contributed by atoms with Gasteiger partial charge in [-0.05, 0) is 12.5 Å². The Morgan fingerprint density at radius 2 is 2.28 bits per heavy atom. The molecule has 96 valence electrons. The Morgan fingerprint density at radius 1 is 1.56 bits per heavy atom. The Labute approximate surface area is 102 Å². The Bertz CT molecular complexity index is 506. The Balaban J connectivity index is 2.29. The van der Waals surface area contributed by atoms with E-state index in [2.05, 4.69) is 0 Å². The predicted octanol–water partition coefficient (Wildman–Crippen LogP) is 0.941. The zero-order valence-corrected chi connectivity index (χ0v) is 9.38. The number of aliphatic hydroxyl groups excluding tert-OH is 1. The number of halogens is 1. The molecule has 1 atom stereocenters. The summed E-state index contributed by atoms with van der Waals surface area (Å²) in [5, 5.41) is 19.9. The van der Waals surface area contributed by atoms with Crippen LogP contribution in [-0.2, 0) is 0 Å². The van der Waals surface area contributed by atoms with Crippen LogP contribution < -0.4 is 0 Å². The van der Waals surface area contributed by atoms with Crippen LogP contribution in [0.2, 0.25) is 0 Å². The van der Waals surface area contributed by atoms with Crippen molar-refractivity contribution in [1.29, 1.82) is 0 Å². The van der Waals surface area contributed by atoms with E-state index in [0.29, 0.717) is 13.0 Å². The van der Waals surface area contributed by atoms with Gasteiger partial charge in [-0.3, -0.25) is 14.9 Å². The summed E-state index contributed by atoms with van der Waals surface area (Å²) in [6.45, 7) is 0.448. The fourth-order valence-corrected chi connectivity index (χ4v) is 1.89. The lowest BCUT2D eigenvalue weighted by molar-refractivity contribution is -0.384. The third-order valence-electron chi connectivity index (χ3n) is 2.84. The normalized spacial score (nSPS) is 19.0. The van der Waals surface area contributed by atoms with Gasteiger partial charge in [0.1, 0.15) is 5.82 Å². The largest absolute Gasteiger partial charge is 0.391 e. The number of carbonyl (C=O) groups is 1. The second-order valence-corrected chi connectivity index (χ2v) is 4.11. The quantitative estimate of drug-likeness (QED) is 0.628. The van der Waals surface area contributed by atoms with Crippen molar-refractivity contribution >= 4 is 11.6 Å². The van der Waals surface area contributed by atoms with Gasteiger partial charge >= 0.3 is 0 Å². The molecule has 2 rings (SSSR count). The minimum atomic E-state index is -0.799. The standard InChI is InChI=1S/C11H11FN2O4/c12-10-2-1-7(14(17)18)5-9(10)11(16)13-4-3-8(15)6-13/h1-2,5,8,15H,3-4,6H2/t8-/m0/s1. The van der Waals surface area contributed by atoms with Crippen LogP contribution in [0, 0.1) is 15.9 Å². The summed E-state index contributed by atoms with van der Waals surface area (Å²) >= 11 is 0. The van der Waals surface area contributed by atoms with E-state index in [1.807, 2.05) is 0 Å². The van der Waals surface area contributed by atoms with Crippen molar-refractivity contribution < 1.29 is 19.2 Å². The smallest absolute Gasteiger partial charge is 0.270 e. The minimum Gasteiger partial charge on any atom is -0.391 e. The monoisotopic (exact) mass is 254 g/mol. The van der Waals surface area contributed by atoms with E-state index in [4.69, 9.17) is 0 Å². The molecule has 0 aromatic heterocycles. The van der Waals surface area contributed by atoms with Crippen molar-refractivity contribution in [3.05, 3.63) is 39.7 Å². The van der Waals surface area contributed by atoms with Crippen LogP contribution in [0.15, 0.2) is 18.2 Å². The van der Waals surface area contributed by atoms with Crippen molar-refractivity contribution in [3.63, 3.8) is 0 Å². The van der Waals surface area contributed by atoms with E-state index in [-0.39, 0.29) is 17.8 Å². The summed E-state index contributed by atoms with van der Waals surface area (Å²) < 4.78 is 13.5. The molecular formula is C11H11FN2O4. The van der Waals surface area contributed by atoms with Crippen LogP contribution in [-0.4, -0.2) is 40.0 Å². The first-order valence-electron chi connectivity index (χ1n) is 5.40. The first kappa shape index (κ1) is 12.4. The average molecular weight is 254 g/mol. The maximum absolute atomic E-state index is 13.5. The van der Waals surface area contributed by atoms with Gasteiger partial charge in [0.15, 0.2) is 0 Å². The maximum atomic E-state index is 13.5. The second kappa shape index (κ2) is 4.69. The number of aliphatic hydroxyl groups is 1. The zero-order valence-electron chi connectivity index (χ0n) is 9.38. The topological polar surface area (TPSA) is 83.7 Å². The van der Waals surface area contributed by atoms with Gasteiger partial charge in [0.25, 0.3) is 11.6 Å². The first-order valence-corrected chi connectivity index (χ1v) is 5.40. The van der Waals surface area contributed by atoms with Crippen LogP contribution in [0.5, 0.6) is 0 Å². The zero-order chi connectivity index (χ0) is 13.3. The van der Waals surface area contributed by atoms with Crippen LogP contribution in [0.1, 0.15) is 16.8 Å². The summed E-state index contributed by atoms with van der Waals surface area (Å²) in [5.41, 5.74) is -0.669.